The molecular weight excluding hydrogens is 280 g/mol. The molecular formula is C12H16N4O3S. The molecule has 0 aliphatic rings. The highest BCUT2D eigenvalue weighted by molar-refractivity contribution is 7.89. The standard InChI is InChI=1S/C12H16N4O3S/c1-7-4-5-10(13)8(2)12(7)20(17,18)14-6-11-15-9(3)19-16-11/h4-5,14H,6,13H2,1-3H3. The average molecular weight is 296 g/mol. The zero-order valence-corrected chi connectivity index (χ0v) is 12.3. The first kappa shape index (κ1) is 14.5. The van der Waals surface area contributed by atoms with E-state index < -0.39 is 10.0 Å². The molecule has 0 amide bonds. The molecule has 108 valence electrons. The van der Waals surface area contributed by atoms with Crippen LogP contribution in [0.3, 0.4) is 0 Å². The highest BCUT2D eigenvalue weighted by atomic mass is 32.2. The van der Waals surface area contributed by atoms with Crippen molar-refractivity contribution in [2.75, 3.05) is 5.73 Å². The molecule has 7 nitrogen and oxygen atoms in total. The van der Waals surface area contributed by atoms with Crippen LogP contribution in [0.1, 0.15) is 22.8 Å². The molecule has 0 unspecified atom stereocenters. The molecule has 1 aromatic carbocycles. The van der Waals surface area contributed by atoms with Crippen LogP contribution in [-0.4, -0.2) is 18.6 Å². The van der Waals surface area contributed by atoms with Crippen molar-refractivity contribution in [2.24, 2.45) is 0 Å². The van der Waals surface area contributed by atoms with E-state index in [1.54, 1.807) is 32.9 Å². The van der Waals surface area contributed by atoms with Gasteiger partial charge in [-0.05, 0) is 31.0 Å². The fraction of sp³-hybridized carbons (Fsp3) is 0.333. The number of nitrogen functional groups attached to an aromatic ring is 1. The zero-order valence-electron chi connectivity index (χ0n) is 11.5. The molecule has 0 fully saturated rings. The first-order valence-electron chi connectivity index (χ1n) is 5.96. The number of nitrogens with zero attached hydrogens (tertiary/aromatic N) is 2. The second-order valence-corrected chi connectivity index (χ2v) is 6.18. The van der Waals surface area contributed by atoms with Gasteiger partial charge in [0.2, 0.25) is 15.9 Å². The first-order valence-corrected chi connectivity index (χ1v) is 7.44. The minimum atomic E-state index is -3.68. The maximum absolute atomic E-state index is 12.4. The van der Waals surface area contributed by atoms with Gasteiger partial charge in [0.25, 0.3) is 0 Å². The summed E-state index contributed by atoms with van der Waals surface area (Å²) in [4.78, 5) is 4.13. The lowest BCUT2D eigenvalue weighted by molar-refractivity contribution is 0.387. The number of aryl methyl sites for hydroxylation is 2. The molecule has 0 aliphatic carbocycles. The summed E-state index contributed by atoms with van der Waals surface area (Å²) in [5.41, 5.74) is 7.36. The van der Waals surface area contributed by atoms with E-state index >= 15 is 0 Å². The van der Waals surface area contributed by atoms with Gasteiger partial charge in [0.15, 0.2) is 5.82 Å². The van der Waals surface area contributed by atoms with Crippen molar-refractivity contribution in [2.45, 2.75) is 32.2 Å². The van der Waals surface area contributed by atoms with Crippen molar-refractivity contribution in [3.63, 3.8) is 0 Å². The monoisotopic (exact) mass is 296 g/mol. The number of aromatic nitrogens is 2. The summed E-state index contributed by atoms with van der Waals surface area (Å²) >= 11 is 0. The van der Waals surface area contributed by atoms with Gasteiger partial charge < -0.3 is 10.3 Å². The van der Waals surface area contributed by atoms with Crippen LogP contribution in [0.15, 0.2) is 21.6 Å². The maximum atomic E-state index is 12.4. The van der Waals surface area contributed by atoms with Gasteiger partial charge in [0, 0.05) is 12.6 Å². The molecule has 0 bridgehead atoms. The summed E-state index contributed by atoms with van der Waals surface area (Å²) in [7, 11) is -3.68. The lowest BCUT2D eigenvalue weighted by Crippen LogP contribution is -2.25. The maximum Gasteiger partial charge on any atom is 0.241 e. The predicted molar refractivity (Wildman–Crippen MR) is 73.4 cm³/mol. The number of sulfonamides is 1. The van der Waals surface area contributed by atoms with Crippen LogP contribution in [0.25, 0.3) is 0 Å². The van der Waals surface area contributed by atoms with Crippen molar-refractivity contribution >= 4 is 15.7 Å². The van der Waals surface area contributed by atoms with Gasteiger partial charge in [0.05, 0.1) is 11.4 Å². The third-order valence-electron chi connectivity index (χ3n) is 2.90. The highest BCUT2D eigenvalue weighted by Crippen LogP contribution is 2.24. The minimum Gasteiger partial charge on any atom is -0.398 e. The van der Waals surface area contributed by atoms with Gasteiger partial charge >= 0.3 is 0 Å². The fourth-order valence-corrected chi connectivity index (χ4v) is 3.38. The fourth-order valence-electron chi connectivity index (χ4n) is 1.90. The Morgan fingerprint density at radius 2 is 2.00 bits per heavy atom. The van der Waals surface area contributed by atoms with Crippen molar-refractivity contribution < 1.29 is 12.9 Å². The summed E-state index contributed by atoms with van der Waals surface area (Å²) in [5, 5.41) is 3.64. The Hall–Kier alpha value is -1.93. The van der Waals surface area contributed by atoms with E-state index in [9.17, 15) is 8.42 Å². The van der Waals surface area contributed by atoms with Crippen LogP contribution in [0.4, 0.5) is 5.69 Å². The second kappa shape index (κ2) is 5.22. The summed E-state index contributed by atoms with van der Waals surface area (Å²) < 4.78 is 31.9. The second-order valence-electron chi connectivity index (χ2n) is 4.48. The van der Waals surface area contributed by atoms with E-state index in [0.29, 0.717) is 22.7 Å². The highest BCUT2D eigenvalue weighted by Gasteiger charge is 2.21. The van der Waals surface area contributed by atoms with E-state index in [0.717, 1.165) is 0 Å². The molecule has 0 spiro atoms. The van der Waals surface area contributed by atoms with Crippen molar-refractivity contribution in [1.82, 2.24) is 14.9 Å². The summed E-state index contributed by atoms with van der Waals surface area (Å²) in [5.74, 6) is 0.667. The van der Waals surface area contributed by atoms with Gasteiger partial charge in [0.1, 0.15) is 0 Å². The molecule has 0 aliphatic heterocycles. The molecule has 20 heavy (non-hydrogen) atoms. The molecule has 8 heteroatoms. The van der Waals surface area contributed by atoms with Gasteiger partial charge in [-0.2, -0.15) is 4.98 Å². The molecule has 0 saturated heterocycles. The quantitative estimate of drug-likeness (QED) is 0.816. The summed E-state index contributed by atoms with van der Waals surface area (Å²) in [6.07, 6.45) is 0. The Bertz CT molecular complexity index is 737. The number of nitrogens with one attached hydrogen (secondary N) is 1. The van der Waals surface area contributed by atoms with Crippen LogP contribution < -0.4 is 10.5 Å². The van der Waals surface area contributed by atoms with Crippen LogP contribution in [0.2, 0.25) is 0 Å². The van der Waals surface area contributed by atoms with Crippen LogP contribution in [0.5, 0.6) is 0 Å². The lowest BCUT2D eigenvalue weighted by Gasteiger charge is -2.12. The van der Waals surface area contributed by atoms with Crippen molar-refractivity contribution in [3.05, 3.63) is 35.0 Å². The zero-order chi connectivity index (χ0) is 14.9. The van der Waals surface area contributed by atoms with Gasteiger partial charge in [-0.25, -0.2) is 13.1 Å². The van der Waals surface area contributed by atoms with Crippen molar-refractivity contribution in [3.8, 4) is 0 Å². The largest absolute Gasteiger partial charge is 0.398 e. The molecule has 1 heterocycles. The number of hydrogen-bond acceptors (Lipinski definition) is 6. The molecule has 1 aromatic heterocycles. The van der Waals surface area contributed by atoms with Crippen molar-refractivity contribution in [1.29, 1.82) is 0 Å². The Morgan fingerprint density at radius 1 is 1.30 bits per heavy atom. The lowest BCUT2D eigenvalue weighted by atomic mass is 10.1. The number of rotatable bonds is 4. The Balaban J connectivity index is 2.29. The van der Waals surface area contributed by atoms with Gasteiger partial charge in [-0.15, -0.1) is 0 Å². The van der Waals surface area contributed by atoms with Gasteiger partial charge in [-0.3, -0.25) is 0 Å². The van der Waals surface area contributed by atoms with Crippen LogP contribution in [0, 0.1) is 20.8 Å². The number of benzene rings is 1. The predicted octanol–water partition coefficient (Wildman–Crippen LogP) is 1.06. The summed E-state index contributed by atoms with van der Waals surface area (Å²) in [6, 6.07) is 3.36. The number of anilines is 1. The summed E-state index contributed by atoms with van der Waals surface area (Å²) in [6.45, 7) is 5.00. The Labute approximate surface area is 117 Å². The Kier molecular flexibility index (Phi) is 3.78. The van der Waals surface area contributed by atoms with E-state index in [4.69, 9.17) is 10.3 Å². The molecule has 2 rings (SSSR count). The third kappa shape index (κ3) is 2.81. The number of hydrogen-bond donors (Lipinski definition) is 2. The minimum absolute atomic E-state index is 0.0344. The van der Waals surface area contributed by atoms with E-state index in [1.165, 1.54) is 0 Å². The molecule has 2 aromatic rings. The first-order chi connectivity index (χ1) is 9.31. The third-order valence-corrected chi connectivity index (χ3v) is 4.59. The number of nitrogens with two attached hydrogens (primary N) is 1. The average Bonchev–Trinajstić information content (AvgIpc) is 2.78. The van der Waals surface area contributed by atoms with Crippen LogP contribution in [-0.2, 0) is 16.6 Å². The topological polar surface area (TPSA) is 111 Å². The molecule has 3 N–H and O–H groups in total. The molecule has 0 atom stereocenters. The van der Waals surface area contributed by atoms with E-state index in [1.807, 2.05) is 0 Å². The SMILES string of the molecule is Cc1nc(CNS(=O)(=O)c2c(C)ccc(N)c2C)no1. The van der Waals surface area contributed by atoms with Crippen LogP contribution >= 0.6 is 0 Å². The Morgan fingerprint density at radius 3 is 2.60 bits per heavy atom. The van der Waals surface area contributed by atoms with Gasteiger partial charge in [-0.1, -0.05) is 11.2 Å². The van der Waals surface area contributed by atoms with E-state index in [-0.39, 0.29) is 17.3 Å². The van der Waals surface area contributed by atoms with E-state index in [2.05, 4.69) is 14.9 Å². The normalized spacial score (nSPS) is 11.8. The molecule has 0 saturated carbocycles. The molecule has 0 radical (unpaired) electrons. The smallest absolute Gasteiger partial charge is 0.241 e.